The second kappa shape index (κ2) is 7.22. The molecule has 25 heavy (non-hydrogen) atoms. The van der Waals surface area contributed by atoms with Crippen LogP contribution in [-0.2, 0) is 0 Å². The number of aromatic nitrogens is 2. The van der Waals surface area contributed by atoms with E-state index >= 15 is 0 Å². The van der Waals surface area contributed by atoms with Gasteiger partial charge in [0.2, 0.25) is 0 Å². The van der Waals surface area contributed by atoms with Gasteiger partial charge in [0.15, 0.2) is 0 Å². The second-order valence-electron chi connectivity index (χ2n) is 4.90. The number of halogens is 5. The summed E-state index contributed by atoms with van der Waals surface area (Å²) in [6, 6.07) is 7.93. The minimum absolute atomic E-state index is 0.0451. The first-order chi connectivity index (χ1) is 11.9. The van der Waals surface area contributed by atoms with E-state index in [0.717, 1.165) is 0 Å². The molecule has 0 fully saturated rings. The zero-order valence-corrected chi connectivity index (χ0v) is 15.3. The van der Waals surface area contributed by atoms with Crippen LogP contribution in [0.2, 0.25) is 20.2 Å². The Balaban J connectivity index is 1.95. The standard InChI is InChI=1S/C16H8Cl4FN3O/c17-11-12(18)14(23-15(20)13(11)19)16(25)22-10-7-8(3-4-9(10)21)24-5-1-2-6-24/h1-7H,(H,22,25). The molecule has 0 spiro atoms. The fourth-order valence-electron chi connectivity index (χ4n) is 2.10. The summed E-state index contributed by atoms with van der Waals surface area (Å²) in [4.78, 5) is 16.2. The van der Waals surface area contributed by atoms with Gasteiger partial charge in [-0.3, -0.25) is 4.79 Å². The minimum atomic E-state index is -0.769. The first kappa shape index (κ1) is 18.0. The molecule has 0 saturated heterocycles. The van der Waals surface area contributed by atoms with Gasteiger partial charge >= 0.3 is 0 Å². The largest absolute Gasteiger partial charge is 0.324 e. The van der Waals surface area contributed by atoms with E-state index in [1.807, 2.05) is 12.1 Å². The van der Waals surface area contributed by atoms with Crippen molar-refractivity contribution >= 4 is 58.0 Å². The number of benzene rings is 1. The van der Waals surface area contributed by atoms with Crippen molar-refractivity contribution in [2.75, 3.05) is 5.32 Å². The van der Waals surface area contributed by atoms with Crippen molar-refractivity contribution in [1.29, 1.82) is 0 Å². The highest BCUT2D eigenvalue weighted by Crippen LogP contribution is 2.36. The number of pyridine rings is 1. The summed E-state index contributed by atoms with van der Waals surface area (Å²) < 4.78 is 15.8. The first-order valence-corrected chi connectivity index (χ1v) is 8.34. The van der Waals surface area contributed by atoms with Crippen molar-refractivity contribution in [2.45, 2.75) is 0 Å². The van der Waals surface area contributed by atoms with Crippen LogP contribution < -0.4 is 5.32 Å². The van der Waals surface area contributed by atoms with Gasteiger partial charge in [0.25, 0.3) is 5.91 Å². The highest BCUT2D eigenvalue weighted by Gasteiger charge is 2.21. The van der Waals surface area contributed by atoms with Gasteiger partial charge in [0, 0.05) is 18.1 Å². The lowest BCUT2D eigenvalue weighted by Crippen LogP contribution is -2.16. The van der Waals surface area contributed by atoms with Crippen molar-refractivity contribution in [3.05, 3.63) is 74.5 Å². The Morgan fingerprint density at radius 2 is 1.72 bits per heavy atom. The number of hydrogen-bond acceptors (Lipinski definition) is 2. The zero-order chi connectivity index (χ0) is 18.1. The van der Waals surface area contributed by atoms with Gasteiger partial charge < -0.3 is 9.88 Å². The molecule has 9 heteroatoms. The summed E-state index contributed by atoms with van der Waals surface area (Å²) in [7, 11) is 0. The summed E-state index contributed by atoms with van der Waals surface area (Å²) >= 11 is 23.5. The first-order valence-electron chi connectivity index (χ1n) is 6.82. The third kappa shape index (κ3) is 3.60. The molecule has 3 aromatic rings. The topological polar surface area (TPSA) is 46.9 Å². The van der Waals surface area contributed by atoms with E-state index in [9.17, 15) is 9.18 Å². The lowest BCUT2D eigenvalue weighted by atomic mass is 10.2. The maximum absolute atomic E-state index is 14.1. The Hall–Kier alpha value is -1.79. The average molecular weight is 419 g/mol. The molecule has 1 amide bonds. The number of carbonyl (C=O) groups excluding carboxylic acids is 1. The number of rotatable bonds is 3. The van der Waals surface area contributed by atoms with E-state index in [0.29, 0.717) is 5.69 Å². The van der Waals surface area contributed by atoms with E-state index < -0.39 is 11.7 Å². The molecule has 0 bridgehead atoms. The van der Waals surface area contributed by atoms with Crippen LogP contribution in [0.5, 0.6) is 0 Å². The van der Waals surface area contributed by atoms with Crippen LogP contribution in [0.3, 0.4) is 0 Å². The van der Waals surface area contributed by atoms with Gasteiger partial charge in [0.05, 0.1) is 20.8 Å². The van der Waals surface area contributed by atoms with Gasteiger partial charge in [-0.2, -0.15) is 0 Å². The number of amides is 1. The molecular formula is C16H8Cl4FN3O. The maximum Gasteiger partial charge on any atom is 0.276 e. The number of nitrogens with one attached hydrogen (secondary N) is 1. The Kier molecular flexibility index (Phi) is 5.20. The molecular weight excluding hydrogens is 411 g/mol. The highest BCUT2D eigenvalue weighted by molar-refractivity contribution is 6.52. The molecule has 4 nitrogen and oxygen atoms in total. The van der Waals surface area contributed by atoms with E-state index in [1.165, 1.54) is 12.1 Å². The quantitative estimate of drug-likeness (QED) is 0.540. The third-order valence-corrected chi connectivity index (χ3v) is 4.98. The molecule has 2 aromatic heterocycles. The third-order valence-electron chi connectivity index (χ3n) is 3.30. The Morgan fingerprint density at radius 3 is 2.40 bits per heavy atom. The van der Waals surface area contributed by atoms with E-state index in [2.05, 4.69) is 10.3 Å². The molecule has 0 saturated carbocycles. The minimum Gasteiger partial charge on any atom is -0.324 e. The molecule has 0 aliphatic rings. The average Bonchev–Trinajstić information content (AvgIpc) is 3.12. The van der Waals surface area contributed by atoms with Gasteiger partial charge in [-0.1, -0.05) is 46.4 Å². The summed E-state index contributed by atoms with van der Waals surface area (Å²) in [5.74, 6) is -1.39. The van der Waals surface area contributed by atoms with Crippen molar-refractivity contribution < 1.29 is 9.18 Å². The molecule has 0 unspecified atom stereocenters. The predicted octanol–water partition coefficient (Wildman–Crippen LogP) is 5.88. The van der Waals surface area contributed by atoms with Crippen molar-refractivity contribution in [3.8, 4) is 5.69 Å². The van der Waals surface area contributed by atoms with Gasteiger partial charge in [-0.15, -0.1) is 0 Å². The highest BCUT2D eigenvalue weighted by atomic mass is 35.5. The molecule has 2 heterocycles. The second-order valence-corrected chi connectivity index (χ2v) is 6.39. The lowest BCUT2D eigenvalue weighted by Gasteiger charge is -2.11. The SMILES string of the molecule is O=C(Nc1cc(-n2cccc2)ccc1F)c1nc(Cl)c(Cl)c(Cl)c1Cl. The summed E-state index contributed by atoms with van der Waals surface area (Å²) in [6.07, 6.45) is 3.58. The summed E-state index contributed by atoms with van der Waals surface area (Å²) in [5.41, 5.74) is 0.357. The van der Waals surface area contributed by atoms with Crippen LogP contribution in [-0.4, -0.2) is 15.5 Å². The molecule has 0 atom stereocenters. The zero-order valence-electron chi connectivity index (χ0n) is 12.2. The van der Waals surface area contributed by atoms with Crippen LogP contribution in [0, 0.1) is 5.82 Å². The van der Waals surface area contributed by atoms with Crippen LogP contribution in [0.25, 0.3) is 5.69 Å². The van der Waals surface area contributed by atoms with Crippen LogP contribution in [0.15, 0.2) is 42.7 Å². The van der Waals surface area contributed by atoms with Crippen LogP contribution in [0.1, 0.15) is 10.5 Å². The molecule has 1 N–H and O–H groups in total. The normalized spacial score (nSPS) is 10.8. The molecule has 0 aliphatic carbocycles. The number of anilines is 1. The Morgan fingerprint density at radius 1 is 1.04 bits per heavy atom. The Bertz CT molecular complexity index is 961. The lowest BCUT2D eigenvalue weighted by molar-refractivity contribution is 0.102. The fourth-order valence-corrected chi connectivity index (χ4v) is 2.91. The van der Waals surface area contributed by atoms with Crippen molar-refractivity contribution in [3.63, 3.8) is 0 Å². The van der Waals surface area contributed by atoms with Crippen LogP contribution >= 0.6 is 46.4 Å². The smallest absolute Gasteiger partial charge is 0.276 e. The number of nitrogens with zero attached hydrogens (tertiary/aromatic N) is 2. The van der Waals surface area contributed by atoms with Crippen molar-refractivity contribution in [2.24, 2.45) is 0 Å². The number of hydrogen-bond donors (Lipinski definition) is 1. The van der Waals surface area contributed by atoms with E-state index in [4.69, 9.17) is 46.4 Å². The molecule has 128 valence electrons. The van der Waals surface area contributed by atoms with Crippen LogP contribution in [0.4, 0.5) is 10.1 Å². The predicted molar refractivity (Wildman–Crippen MR) is 98.0 cm³/mol. The van der Waals surface area contributed by atoms with E-state index in [1.54, 1.807) is 23.0 Å². The van der Waals surface area contributed by atoms with Gasteiger partial charge in [-0.25, -0.2) is 9.37 Å². The van der Waals surface area contributed by atoms with Crippen molar-refractivity contribution in [1.82, 2.24) is 9.55 Å². The molecule has 0 radical (unpaired) electrons. The Labute approximate surface area is 162 Å². The fraction of sp³-hybridized carbons (Fsp3) is 0. The number of carbonyl (C=O) groups is 1. The van der Waals surface area contributed by atoms with E-state index in [-0.39, 0.29) is 31.6 Å². The molecule has 1 aromatic carbocycles. The summed E-state index contributed by atoms with van der Waals surface area (Å²) in [5, 5.41) is 1.89. The molecule has 3 rings (SSSR count). The van der Waals surface area contributed by atoms with Gasteiger partial charge in [-0.05, 0) is 30.3 Å². The maximum atomic E-state index is 14.1. The summed E-state index contributed by atoms with van der Waals surface area (Å²) in [6.45, 7) is 0. The molecule has 0 aliphatic heterocycles. The monoisotopic (exact) mass is 417 g/mol. The van der Waals surface area contributed by atoms with Gasteiger partial charge in [0.1, 0.15) is 16.7 Å².